The van der Waals surface area contributed by atoms with E-state index in [0.717, 1.165) is 18.5 Å². The molecule has 0 fully saturated rings. The molecule has 92 valence electrons. The van der Waals surface area contributed by atoms with Gasteiger partial charge in [0.15, 0.2) is 5.78 Å². The quantitative estimate of drug-likeness (QED) is 0.806. The van der Waals surface area contributed by atoms with Crippen LogP contribution in [0.15, 0.2) is 24.5 Å². The van der Waals surface area contributed by atoms with Crippen LogP contribution in [0.3, 0.4) is 0 Å². The van der Waals surface area contributed by atoms with Crippen molar-refractivity contribution < 1.29 is 4.79 Å². The molecule has 1 atom stereocenters. The van der Waals surface area contributed by atoms with E-state index in [9.17, 15) is 4.79 Å². The van der Waals surface area contributed by atoms with Gasteiger partial charge in [0.1, 0.15) is 5.82 Å². The molecule has 1 aliphatic rings. The number of aryl methyl sites for hydroxylation is 2. The van der Waals surface area contributed by atoms with Gasteiger partial charge in [-0.05, 0) is 24.5 Å². The SMILES string of the molecule is Cn1ncc(C(=O)C2CCc3cccnc32)c1N. The molecule has 0 radical (unpaired) electrons. The standard InChI is InChI=1S/C13H14N4O/c1-17-13(14)10(7-16-17)12(18)9-5-4-8-3-2-6-15-11(8)9/h2-3,6-7,9H,4-5,14H2,1H3. The summed E-state index contributed by atoms with van der Waals surface area (Å²) in [5, 5.41) is 4.02. The first kappa shape index (κ1) is 11.0. The first-order valence-corrected chi connectivity index (χ1v) is 5.94. The monoisotopic (exact) mass is 242 g/mol. The second-order valence-corrected chi connectivity index (χ2v) is 4.57. The summed E-state index contributed by atoms with van der Waals surface area (Å²) >= 11 is 0. The van der Waals surface area contributed by atoms with Gasteiger partial charge in [0, 0.05) is 13.2 Å². The third kappa shape index (κ3) is 1.51. The summed E-state index contributed by atoms with van der Waals surface area (Å²) < 4.78 is 1.52. The molecule has 5 heteroatoms. The van der Waals surface area contributed by atoms with Crippen LogP contribution in [0.4, 0.5) is 5.82 Å². The van der Waals surface area contributed by atoms with Gasteiger partial charge in [-0.25, -0.2) is 0 Å². The van der Waals surface area contributed by atoms with Gasteiger partial charge in [-0.1, -0.05) is 6.07 Å². The molecular weight excluding hydrogens is 228 g/mol. The summed E-state index contributed by atoms with van der Waals surface area (Å²) in [5.74, 6) is 0.273. The predicted molar refractivity (Wildman–Crippen MR) is 67.2 cm³/mol. The van der Waals surface area contributed by atoms with E-state index < -0.39 is 0 Å². The van der Waals surface area contributed by atoms with E-state index in [1.807, 2.05) is 12.1 Å². The van der Waals surface area contributed by atoms with Crippen molar-refractivity contribution in [1.29, 1.82) is 0 Å². The predicted octanol–water partition coefficient (Wildman–Crippen LogP) is 1.31. The number of nitrogen functional groups attached to an aromatic ring is 1. The molecule has 18 heavy (non-hydrogen) atoms. The van der Waals surface area contributed by atoms with Crippen LogP contribution in [0.25, 0.3) is 0 Å². The van der Waals surface area contributed by atoms with Gasteiger partial charge in [-0.15, -0.1) is 0 Å². The maximum atomic E-state index is 12.5. The highest BCUT2D eigenvalue weighted by Crippen LogP contribution is 2.34. The van der Waals surface area contributed by atoms with Crippen molar-refractivity contribution in [3.63, 3.8) is 0 Å². The summed E-state index contributed by atoms with van der Waals surface area (Å²) in [6.07, 6.45) is 4.98. The van der Waals surface area contributed by atoms with Gasteiger partial charge in [-0.2, -0.15) is 5.10 Å². The number of pyridine rings is 1. The maximum Gasteiger partial charge on any atom is 0.177 e. The summed E-state index contributed by atoms with van der Waals surface area (Å²) in [5.41, 5.74) is 8.41. The Kier molecular flexibility index (Phi) is 2.40. The van der Waals surface area contributed by atoms with Gasteiger partial charge in [0.25, 0.3) is 0 Å². The van der Waals surface area contributed by atoms with Crippen molar-refractivity contribution in [3.8, 4) is 0 Å². The highest BCUT2D eigenvalue weighted by Gasteiger charge is 2.32. The van der Waals surface area contributed by atoms with Crippen LogP contribution >= 0.6 is 0 Å². The zero-order valence-electron chi connectivity index (χ0n) is 10.1. The Hall–Kier alpha value is -2.17. The Morgan fingerprint density at radius 3 is 3.11 bits per heavy atom. The molecule has 0 aliphatic heterocycles. The van der Waals surface area contributed by atoms with Crippen molar-refractivity contribution in [1.82, 2.24) is 14.8 Å². The molecule has 0 saturated carbocycles. The lowest BCUT2D eigenvalue weighted by Gasteiger charge is -2.08. The molecule has 2 N–H and O–H groups in total. The number of Topliss-reactive ketones (excluding diaryl/α,β-unsaturated/α-hetero) is 1. The van der Waals surface area contributed by atoms with Gasteiger partial charge in [0.05, 0.1) is 23.4 Å². The number of fused-ring (bicyclic) bond motifs is 1. The Morgan fingerprint density at radius 2 is 2.39 bits per heavy atom. The largest absolute Gasteiger partial charge is 0.383 e. The van der Waals surface area contributed by atoms with E-state index in [0.29, 0.717) is 11.4 Å². The minimum atomic E-state index is -0.173. The van der Waals surface area contributed by atoms with Crippen LogP contribution in [0.1, 0.15) is 34.0 Å². The van der Waals surface area contributed by atoms with Crippen LogP contribution in [-0.4, -0.2) is 20.5 Å². The Morgan fingerprint density at radius 1 is 1.56 bits per heavy atom. The Balaban J connectivity index is 1.98. The third-order valence-electron chi connectivity index (χ3n) is 3.53. The summed E-state index contributed by atoms with van der Waals surface area (Å²) in [4.78, 5) is 16.8. The summed E-state index contributed by atoms with van der Waals surface area (Å²) in [6.45, 7) is 0. The lowest BCUT2D eigenvalue weighted by atomic mass is 9.97. The number of ketones is 1. The van der Waals surface area contributed by atoms with Gasteiger partial charge in [0.2, 0.25) is 0 Å². The zero-order valence-corrected chi connectivity index (χ0v) is 10.1. The minimum Gasteiger partial charge on any atom is -0.383 e. The van der Waals surface area contributed by atoms with Crippen LogP contribution in [-0.2, 0) is 13.5 Å². The number of carbonyl (C=O) groups is 1. The molecule has 1 unspecified atom stereocenters. The van der Waals surface area contributed by atoms with Gasteiger partial charge in [-0.3, -0.25) is 14.5 Å². The summed E-state index contributed by atoms with van der Waals surface area (Å²) in [7, 11) is 1.73. The molecule has 0 spiro atoms. The van der Waals surface area contributed by atoms with E-state index in [4.69, 9.17) is 5.73 Å². The second kappa shape index (κ2) is 3.94. The molecule has 3 rings (SSSR count). The molecule has 0 aromatic carbocycles. The maximum absolute atomic E-state index is 12.5. The van der Waals surface area contributed by atoms with E-state index in [1.165, 1.54) is 10.2 Å². The molecule has 0 saturated heterocycles. The van der Waals surface area contributed by atoms with Crippen molar-refractivity contribution >= 4 is 11.6 Å². The van der Waals surface area contributed by atoms with Crippen molar-refractivity contribution in [2.75, 3.05) is 5.73 Å². The smallest absolute Gasteiger partial charge is 0.177 e. The lowest BCUT2D eigenvalue weighted by Crippen LogP contribution is -2.13. The number of nitrogens with two attached hydrogens (primary N) is 1. The number of aromatic nitrogens is 3. The molecule has 5 nitrogen and oxygen atoms in total. The number of carbonyl (C=O) groups excluding carboxylic acids is 1. The lowest BCUT2D eigenvalue weighted by molar-refractivity contribution is 0.0959. The van der Waals surface area contributed by atoms with Gasteiger partial charge >= 0.3 is 0 Å². The normalized spacial score (nSPS) is 17.7. The zero-order chi connectivity index (χ0) is 12.7. The summed E-state index contributed by atoms with van der Waals surface area (Å²) in [6, 6.07) is 3.94. The molecule has 2 heterocycles. The van der Waals surface area contributed by atoms with Crippen molar-refractivity contribution in [2.24, 2.45) is 7.05 Å². The topological polar surface area (TPSA) is 73.8 Å². The molecule has 0 bridgehead atoms. The van der Waals surface area contributed by atoms with Crippen LogP contribution in [0.5, 0.6) is 0 Å². The van der Waals surface area contributed by atoms with E-state index >= 15 is 0 Å². The fraction of sp³-hybridized carbons (Fsp3) is 0.308. The Bertz CT molecular complexity index is 617. The number of hydrogen-bond acceptors (Lipinski definition) is 4. The van der Waals surface area contributed by atoms with Crippen molar-refractivity contribution in [2.45, 2.75) is 18.8 Å². The Labute approximate surface area is 105 Å². The number of anilines is 1. The first-order chi connectivity index (χ1) is 8.68. The minimum absolute atomic E-state index is 0.0260. The third-order valence-corrected chi connectivity index (χ3v) is 3.53. The number of rotatable bonds is 2. The highest BCUT2D eigenvalue weighted by atomic mass is 16.1. The molecule has 0 amide bonds. The fourth-order valence-electron chi connectivity index (χ4n) is 2.49. The number of hydrogen-bond donors (Lipinski definition) is 1. The molecule has 1 aliphatic carbocycles. The van der Waals surface area contributed by atoms with Crippen LogP contribution in [0.2, 0.25) is 0 Å². The van der Waals surface area contributed by atoms with Crippen LogP contribution < -0.4 is 5.73 Å². The highest BCUT2D eigenvalue weighted by molar-refractivity contribution is 6.04. The van der Waals surface area contributed by atoms with E-state index in [2.05, 4.69) is 10.1 Å². The molecule has 2 aromatic rings. The molecular formula is C13H14N4O. The fourth-order valence-corrected chi connectivity index (χ4v) is 2.49. The van der Waals surface area contributed by atoms with E-state index in [-0.39, 0.29) is 11.7 Å². The second-order valence-electron chi connectivity index (χ2n) is 4.57. The van der Waals surface area contributed by atoms with Crippen molar-refractivity contribution in [3.05, 3.63) is 41.3 Å². The molecule has 2 aromatic heterocycles. The van der Waals surface area contributed by atoms with E-state index in [1.54, 1.807) is 19.4 Å². The van der Waals surface area contributed by atoms with Crippen LogP contribution in [0, 0.1) is 0 Å². The first-order valence-electron chi connectivity index (χ1n) is 5.94. The average molecular weight is 242 g/mol. The number of nitrogens with zero attached hydrogens (tertiary/aromatic N) is 3. The average Bonchev–Trinajstić information content (AvgIpc) is 2.94. The van der Waals surface area contributed by atoms with Gasteiger partial charge < -0.3 is 5.73 Å².